The van der Waals surface area contributed by atoms with Crippen LogP contribution in [0.2, 0.25) is 0 Å². The van der Waals surface area contributed by atoms with Gasteiger partial charge in [0, 0.05) is 12.6 Å². The van der Waals surface area contributed by atoms with Gasteiger partial charge < -0.3 is 15.4 Å². The zero-order valence-corrected chi connectivity index (χ0v) is 13.1. The first-order chi connectivity index (χ1) is 10.1. The van der Waals surface area contributed by atoms with Crippen LogP contribution in [0.25, 0.3) is 0 Å². The molecule has 1 heterocycles. The summed E-state index contributed by atoms with van der Waals surface area (Å²) in [4.78, 5) is 12.2. The zero-order valence-electron chi connectivity index (χ0n) is 13.1. The van der Waals surface area contributed by atoms with E-state index in [2.05, 4.69) is 17.6 Å². The molecule has 2 atom stereocenters. The lowest BCUT2D eigenvalue weighted by atomic mass is 9.48. The highest BCUT2D eigenvalue weighted by Crippen LogP contribution is 2.61. The summed E-state index contributed by atoms with van der Waals surface area (Å²) in [7, 11) is 0. The first-order valence-corrected chi connectivity index (χ1v) is 8.78. The van der Waals surface area contributed by atoms with Gasteiger partial charge >= 0.3 is 6.03 Å². The van der Waals surface area contributed by atoms with E-state index in [1.807, 2.05) is 0 Å². The summed E-state index contributed by atoms with van der Waals surface area (Å²) in [6.07, 6.45) is 9.33. The predicted molar refractivity (Wildman–Crippen MR) is 81.0 cm³/mol. The van der Waals surface area contributed by atoms with Crippen molar-refractivity contribution in [3.8, 4) is 0 Å². The van der Waals surface area contributed by atoms with Gasteiger partial charge in [-0.1, -0.05) is 0 Å². The lowest BCUT2D eigenvalue weighted by molar-refractivity contribution is -0.0682. The molecule has 5 rings (SSSR count). The van der Waals surface area contributed by atoms with Crippen molar-refractivity contribution in [2.75, 3.05) is 13.2 Å². The Balaban J connectivity index is 1.38. The Morgan fingerprint density at radius 2 is 1.76 bits per heavy atom. The van der Waals surface area contributed by atoms with Crippen LogP contribution in [0.5, 0.6) is 0 Å². The van der Waals surface area contributed by atoms with E-state index >= 15 is 0 Å². The summed E-state index contributed by atoms with van der Waals surface area (Å²) in [5.41, 5.74) is 0.387. The van der Waals surface area contributed by atoms with Gasteiger partial charge in [-0.15, -0.1) is 0 Å². The van der Waals surface area contributed by atoms with E-state index in [9.17, 15) is 4.79 Å². The number of nitrogens with one attached hydrogen (secondary N) is 2. The Hall–Kier alpha value is -0.770. The fourth-order valence-electron chi connectivity index (χ4n) is 5.93. The quantitative estimate of drug-likeness (QED) is 0.840. The second-order valence-electron chi connectivity index (χ2n) is 8.18. The third-order valence-electron chi connectivity index (χ3n) is 6.62. The van der Waals surface area contributed by atoms with Crippen LogP contribution in [0.3, 0.4) is 0 Å². The van der Waals surface area contributed by atoms with Gasteiger partial charge in [0.2, 0.25) is 0 Å². The Labute approximate surface area is 127 Å². The number of urea groups is 1. The molecule has 4 saturated carbocycles. The minimum absolute atomic E-state index is 0.00810. The molecule has 4 heteroatoms. The molecule has 2 amide bonds. The lowest BCUT2D eigenvalue weighted by Crippen LogP contribution is -2.57. The van der Waals surface area contributed by atoms with E-state index in [0.717, 1.165) is 30.8 Å². The normalized spacial score (nSPS) is 45.6. The van der Waals surface area contributed by atoms with Gasteiger partial charge in [0.05, 0.1) is 12.6 Å². The third kappa shape index (κ3) is 2.56. The summed E-state index contributed by atoms with van der Waals surface area (Å²) >= 11 is 0. The van der Waals surface area contributed by atoms with Crippen LogP contribution < -0.4 is 10.6 Å². The SMILES string of the molecule is CC(NC(=O)NC1CCOC1)C12CC3CC(CC(C3)C1)C2. The number of carbonyl (C=O) groups excluding carboxylic acids is 1. The summed E-state index contributed by atoms with van der Waals surface area (Å²) in [6.45, 7) is 3.67. The maximum atomic E-state index is 12.2. The highest BCUT2D eigenvalue weighted by molar-refractivity contribution is 5.74. The van der Waals surface area contributed by atoms with Crippen molar-refractivity contribution in [1.29, 1.82) is 0 Å². The molecule has 1 aliphatic heterocycles. The van der Waals surface area contributed by atoms with E-state index in [4.69, 9.17) is 4.74 Å². The van der Waals surface area contributed by atoms with Gasteiger partial charge in [-0.3, -0.25) is 0 Å². The molecule has 4 nitrogen and oxygen atoms in total. The standard InChI is InChI=1S/C17H28N2O2/c1-11(18-16(20)19-15-2-3-21-10-15)17-7-12-4-13(8-17)6-14(5-12)9-17/h11-15H,2-10H2,1H3,(H2,18,19,20). The highest BCUT2D eigenvalue weighted by atomic mass is 16.5. The monoisotopic (exact) mass is 292 g/mol. The van der Waals surface area contributed by atoms with Crippen molar-refractivity contribution >= 4 is 6.03 Å². The Morgan fingerprint density at radius 3 is 2.29 bits per heavy atom. The Kier molecular flexibility index (Phi) is 3.40. The van der Waals surface area contributed by atoms with Crippen LogP contribution >= 0.6 is 0 Å². The van der Waals surface area contributed by atoms with Gasteiger partial charge in [-0.05, 0) is 75.0 Å². The molecule has 1 saturated heterocycles. The number of carbonyl (C=O) groups is 1. The average molecular weight is 292 g/mol. The lowest BCUT2D eigenvalue weighted by Gasteiger charge is -2.59. The summed E-state index contributed by atoms with van der Waals surface area (Å²) in [6, 6.07) is 0.510. The molecule has 2 N–H and O–H groups in total. The molecule has 5 fully saturated rings. The van der Waals surface area contributed by atoms with Crippen molar-refractivity contribution in [3.63, 3.8) is 0 Å². The Morgan fingerprint density at radius 1 is 1.14 bits per heavy atom. The van der Waals surface area contributed by atoms with Crippen molar-refractivity contribution in [1.82, 2.24) is 10.6 Å². The third-order valence-corrected chi connectivity index (χ3v) is 6.62. The van der Waals surface area contributed by atoms with E-state index < -0.39 is 0 Å². The molecule has 0 aromatic heterocycles. The summed E-state index contributed by atoms with van der Waals surface area (Å²) < 4.78 is 5.32. The molecule has 4 aliphatic carbocycles. The average Bonchev–Trinajstić information content (AvgIpc) is 2.89. The highest BCUT2D eigenvalue weighted by Gasteiger charge is 2.53. The molecular formula is C17H28N2O2. The molecule has 0 aromatic carbocycles. The van der Waals surface area contributed by atoms with Crippen LogP contribution in [0.4, 0.5) is 4.79 Å². The summed E-state index contributed by atoms with van der Waals surface area (Å²) in [5, 5.41) is 6.32. The van der Waals surface area contributed by atoms with E-state index in [1.165, 1.54) is 38.5 Å². The topological polar surface area (TPSA) is 50.4 Å². The minimum Gasteiger partial charge on any atom is -0.379 e. The largest absolute Gasteiger partial charge is 0.379 e. The molecule has 21 heavy (non-hydrogen) atoms. The molecule has 118 valence electrons. The smallest absolute Gasteiger partial charge is 0.315 e. The number of hydrogen-bond acceptors (Lipinski definition) is 2. The molecule has 0 spiro atoms. The fraction of sp³-hybridized carbons (Fsp3) is 0.941. The number of ether oxygens (including phenoxy) is 1. The van der Waals surface area contributed by atoms with Gasteiger partial charge in [-0.25, -0.2) is 4.79 Å². The number of amides is 2. The molecule has 5 aliphatic rings. The molecular weight excluding hydrogens is 264 g/mol. The van der Waals surface area contributed by atoms with Gasteiger partial charge in [0.25, 0.3) is 0 Å². The van der Waals surface area contributed by atoms with Gasteiger partial charge in [0.15, 0.2) is 0 Å². The molecule has 4 bridgehead atoms. The van der Waals surface area contributed by atoms with E-state index in [1.54, 1.807) is 0 Å². The fourth-order valence-corrected chi connectivity index (χ4v) is 5.93. The van der Waals surface area contributed by atoms with E-state index in [0.29, 0.717) is 18.1 Å². The molecule has 2 unspecified atom stereocenters. The van der Waals surface area contributed by atoms with Crippen LogP contribution in [0, 0.1) is 23.2 Å². The maximum absolute atomic E-state index is 12.2. The van der Waals surface area contributed by atoms with Crippen molar-refractivity contribution in [2.24, 2.45) is 23.2 Å². The van der Waals surface area contributed by atoms with Crippen molar-refractivity contribution in [2.45, 2.75) is 64.0 Å². The first-order valence-electron chi connectivity index (χ1n) is 8.78. The second kappa shape index (κ2) is 5.15. The minimum atomic E-state index is 0.00810. The number of hydrogen-bond donors (Lipinski definition) is 2. The van der Waals surface area contributed by atoms with Crippen molar-refractivity contribution < 1.29 is 9.53 Å². The zero-order chi connectivity index (χ0) is 14.4. The maximum Gasteiger partial charge on any atom is 0.315 e. The van der Waals surface area contributed by atoms with Gasteiger partial charge in [-0.2, -0.15) is 0 Å². The van der Waals surface area contributed by atoms with Crippen LogP contribution in [-0.2, 0) is 4.74 Å². The predicted octanol–water partition coefficient (Wildman–Crippen LogP) is 2.68. The number of rotatable bonds is 3. The van der Waals surface area contributed by atoms with Crippen molar-refractivity contribution in [3.05, 3.63) is 0 Å². The Bertz CT molecular complexity index is 382. The summed E-state index contributed by atoms with van der Waals surface area (Å²) in [5.74, 6) is 2.81. The van der Waals surface area contributed by atoms with E-state index in [-0.39, 0.29) is 12.1 Å². The molecule has 0 aromatic rings. The second-order valence-corrected chi connectivity index (χ2v) is 8.18. The van der Waals surface area contributed by atoms with Crippen LogP contribution in [0.15, 0.2) is 0 Å². The first kappa shape index (κ1) is 13.9. The van der Waals surface area contributed by atoms with Crippen LogP contribution in [0.1, 0.15) is 51.9 Å². The van der Waals surface area contributed by atoms with Crippen LogP contribution in [-0.4, -0.2) is 31.3 Å². The van der Waals surface area contributed by atoms with Gasteiger partial charge in [0.1, 0.15) is 0 Å². The molecule has 0 radical (unpaired) electrons.